The summed E-state index contributed by atoms with van der Waals surface area (Å²) in [4.78, 5) is 21.6. The number of ether oxygens (including phenoxy) is 1. The van der Waals surface area contributed by atoms with Crippen molar-refractivity contribution in [3.8, 4) is 0 Å². The Balaban J connectivity index is 3.53. The van der Waals surface area contributed by atoms with Crippen molar-refractivity contribution in [3.63, 3.8) is 0 Å². The van der Waals surface area contributed by atoms with E-state index >= 15 is 0 Å². The zero-order valence-electron chi connectivity index (χ0n) is 7.92. The molecule has 0 aromatic carbocycles. The van der Waals surface area contributed by atoms with Gasteiger partial charge in [-0.05, 0) is 12.3 Å². The van der Waals surface area contributed by atoms with E-state index in [0.717, 1.165) is 6.42 Å². The molecule has 0 aromatic heterocycles. The Morgan fingerprint density at radius 2 is 1.92 bits per heavy atom. The molecule has 0 unspecified atom stereocenters. The van der Waals surface area contributed by atoms with Gasteiger partial charge in [-0.3, -0.25) is 9.59 Å². The quantitative estimate of drug-likeness (QED) is 0.467. The lowest BCUT2D eigenvalue weighted by Crippen LogP contribution is -2.09. The number of rotatable bonds is 5. The van der Waals surface area contributed by atoms with E-state index in [1.165, 1.54) is 7.11 Å². The first-order chi connectivity index (χ1) is 5.56. The number of Topliss-reactive ketones (excluding diaryl/α,β-unsaturated/α-hetero) is 1. The predicted molar refractivity (Wildman–Crippen MR) is 45.7 cm³/mol. The van der Waals surface area contributed by atoms with Crippen LogP contribution in [0.4, 0.5) is 0 Å². The molecular formula is C9H16O3. The van der Waals surface area contributed by atoms with Crippen LogP contribution in [0.3, 0.4) is 0 Å². The van der Waals surface area contributed by atoms with Gasteiger partial charge in [0.05, 0.1) is 7.11 Å². The zero-order valence-corrected chi connectivity index (χ0v) is 7.92. The summed E-state index contributed by atoms with van der Waals surface area (Å²) in [6.45, 7) is 4.09. The topological polar surface area (TPSA) is 43.4 Å². The second-order valence-electron chi connectivity index (χ2n) is 3.22. The van der Waals surface area contributed by atoms with Crippen molar-refractivity contribution in [2.45, 2.75) is 33.1 Å². The Hall–Kier alpha value is -0.860. The Morgan fingerprint density at radius 1 is 1.33 bits per heavy atom. The number of hydrogen-bond acceptors (Lipinski definition) is 3. The van der Waals surface area contributed by atoms with Crippen molar-refractivity contribution in [2.24, 2.45) is 5.92 Å². The third kappa shape index (κ3) is 5.89. The molecule has 0 amide bonds. The maximum atomic E-state index is 11.0. The highest BCUT2D eigenvalue weighted by Gasteiger charge is 2.09. The van der Waals surface area contributed by atoms with Gasteiger partial charge >= 0.3 is 5.97 Å². The summed E-state index contributed by atoms with van der Waals surface area (Å²) in [6, 6.07) is 0. The summed E-state index contributed by atoms with van der Waals surface area (Å²) < 4.78 is 4.37. The Bertz CT molecular complexity index is 161. The lowest BCUT2D eigenvalue weighted by Gasteiger charge is -2.02. The third-order valence-corrected chi connectivity index (χ3v) is 1.57. The molecule has 0 heterocycles. The Kier molecular flexibility index (Phi) is 5.34. The maximum absolute atomic E-state index is 11.0. The fourth-order valence-corrected chi connectivity index (χ4v) is 0.771. The van der Waals surface area contributed by atoms with Crippen LogP contribution >= 0.6 is 0 Å². The molecule has 3 nitrogen and oxygen atoms in total. The molecule has 0 atom stereocenters. The van der Waals surface area contributed by atoms with Crippen molar-refractivity contribution < 1.29 is 14.3 Å². The molecule has 0 fully saturated rings. The van der Waals surface area contributed by atoms with Crippen molar-refractivity contribution in [2.75, 3.05) is 7.11 Å². The average Bonchev–Trinajstić information content (AvgIpc) is 2.00. The van der Waals surface area contributed by atoms with Gasteiger partial charge in [0.15, 0.2) is 0 Å². The largest absolute Gasteiger partial charge is 0.469 e. The molecule has 0 aliphatic rings. The van der Waals surface area contributed by atoms with E-state index in [-0.39, 0.29) is 12.2 Å². The predicted octanol–water partition coefficient (Wildman–Crippen LogP) is 1.55. The van der Waals surface area contributed by atoms with E-state index in [4.69, 9.17) is 0 Å². The molecule has 12 heavy (non-hydrogen) atoms. The van der Waals surface area contributed by atoms with Gasteiger partial charge in [-0.2, -0.15) is 0 Å². The van der Waals surface area contributed by atoms with Crippen LogP contribution in [0.2, 0.25) is 0 Å². The summed E-state index contributed by atoms with van der Waals surface area (Å²) in [5.74, 6) is 0.0332. The second kappa shape index (κ2) is 5.75. The summed E-state index contributed by atoms with van der Waals surface area (Å²) >= 11 is 0. The highest BCUT2D eigenvalue weighted by Crippen LogP contribution is 2.05. The lowest BCUT2D eigenvalue weighted by atomic mass is 10.0. The van der Waals surface area contributed by atoms with Crippen LogP contribution in [0.15, 0.2) is 0 Å². The lowest BCUT2D eigenvalue weighted by molar-refractivity contribution is -0.143. The summed E-state index contributed by atoms with van der Waals surface area (Å²) in [5, 5.41) is 0. The van der Waals surface area contributed by atoms with Gasteiger partial charge in [-0.15, -0.1) is 0 Å². The van der Waals surface area contributed by atoms with Gasteiger partial charge in [0.25, 0.3) is 0 Å². The molecule has 0 radical (unpaired) electrons. The Labute approximate surface area is 73.1 Å². The van der Waals surface area contributed by atoms with Crippen LogP contribution in [0.5, 0.6) is 0 Å². The molecule has 0 aliphatic carbocycles. The Morgan fingerprint density at radius 3 is 2.33 bits per heavy atom. The first kappa shape index (κ1) is 11.1. The first-order valence-electron chi connectivity index (χ1n) is 4.14. The standard InChI is InChI=1S/C9H16O3/c1-7(2)4-5-8(10)6-9(11)12-3/h7H,4-6H2,1-3H3. The fourth-order valence-electron chi connectivity index (χ4n) is 0.771. The average molecular weight is 172 g/mol. The smallest absolute Gasteiger partial charge is 0.313 e. The zero-order chi connectivity index (χ0) is 9.56. The van der Waals surface area contributed by atoms with Crippen molar-refractivity contribution in [1.29, 1.82) is 0 Å². The molecule has 0 rings (SSSR count). The number of hydrogen-bond donors (Lipinski definition) is 0. The van der Waals surface area contributed by atoms with E-state index in [2.05, 4.69) is 4.74 Å². The van der Waals surface area contributed by atoms with Gasteiger partial charge in [0.2, 0.25) is 0 Å². The highest BCUT2D eigenvalue weighted by atomic mass is 16.5. The van der Waals surface area contributed by atoms with E-state index in [9.17, 15) is 9.59 Å². The maximum Gasteiger partial charge on any atom is 0.313 e. The van der Waals surface area contributed by atoms with Crippen LogP contribution in [0.25, 0.3) is 0 Å². The van der Waals surface area contributed by atoms with Crippen LogP contribution in [-0.4, -0.2) is 18.9 Å². The molecule has 70 valence electrons. The molecule has 0 bridgehead atoms. The minimum absolute atomic E-state index is 0.0319. The van der Waals surface area contributed by atoms with Crippen LogP contribution in [0, 0.1) is 5.92 Å². The van der Waals surface area contributed by atoms with Crippen LogP contribution in [-0.2, 0) is 14.3 Å². The summed E-state index contributed by atoms with van der Waals surface area (Å²) in [5.41, 5.74) is 0. The minimum atomic E-state index is -0.441. The third-order valence-electron chi connectivity index (χ3n) is 1.57. The molecule has 3 heteroatoms. The van der Waals surface area contributed by atoms with Crippen molar-refractivity contribution >= 4 is 11.8 Å². The number of carbonyl (C=O) groups excluding carboxylic acids is 2. The molecule has 0 saturated heterocycles. The molecule has 0 aliphatic heterocycles. The van der Waals surface area contributed by atoms with E-state index < -0.39 is 5.97 Å². The molecule has 0 aromatic rings. The SMILES string of the molecule is COC(=O)CC(=O)CCC(C)C. The van der Waals surface area contributed by atoms with E-state index in [1.54, 1.807) is 0 Å². The van der Waals surface area contributed by atoms with Crippen molar-refractivity contribution in [3.05, 3.63) is 0 Å². The van der Waals surface area contributed by atoms with E-state index in [1.807, 2.05) is 13.8 Å². The van der Waals surface area contributed by atoms with Gasteiger partial charge in [0.1, 0.15) is 12.2 Å². The first-order valence-corrected chi connectivity index (χ1v) is 4.14. The van der Waals surface area contributed by atoms with Crippen LogP contribution in [0.1, 0.15) is 33.1 Å². The number of esters is 1. The monoisotopic (exact) mass is 172 g/mol. The van der Waals surface area contributed by atoms with Crippen LogP contribution < -0.4 is 0 Å². The number of ketones is 1. The second-order valence-corrected chi connectivity index (χ2v) is 3.22. The fraction of sp³-hybridized carbons (Fsp3) is 0.778. The van der Waals surface area contributed by atoms with E-state index in [0.29, 0.717) is 12.3 Å². The minimum Gasteiger partial charge on any atom is -0.469 e. The molecule has 0 spiro atoms. The molecular weight excluding hydrogens is 156 g/mol. The van der Waals surface area contributed by atoms with Gasteiger partial charge in [-0.1, -0.05) is 13.8 Å². The molecule has 0 N–H and O–H groups in total. The highest BCUT2D eigenvalue weighted by molar-refractivity contribution is 5.95. The summed E-state index contributed by atoms with van der Waals surface area (Å²) in [6.07, 6.45) is 1.24. The van der Waals surface area contributed by atoms with Gasteiger partial charge in [0, 0.05) is 6.42 Å². The van der Waals surface area contributed by atoms with Gasteiger partial charge < -0.3 is 4.74 Å². The normalized spacial score (nSPS) is 10.0. The van der Waals surface area contributed by atoms with Crippen molar-refractivity contribution in [1.82, 2.24) is 0 Å². The number of methoxy groups -OCH3 is 1. The molecule has 0 saturated carbocycles. The van der Waals surface area contributed by atoms with Gasteiger partial charge in [-0.25, -0.2) is 0 Å². The number of carbonyl (C=O) groups is 2. The summed E-state index contributed by atoms with van der Waals surface area (Å²) in [7, 11) is 1.29.